The van der Waals surface area contributed by atoms with Crippen LogP contribution in [0, 0.1) is 0 Å². The van der Waals surface area contributed by atoms with E-state index >= 15 is 0 Å². The van der Waals surface area contributed by atoms with Crippen LogP contribution in [0.5, 0.6) is 5.75 Å². The maximum absolute atomic E-state index is 6.02. The second-order valence-electron chi connectivity index (χ2n) is 4.91. The monoisotopic (exact) mass is 273 g/mol. The van der Waals surface area contributed by atoms with Gasteiger partial charge in [0.05, 0.1) is 6.61 Å². The quantitative estimate of drug-likeness (QED) is 0.749. The number of methoxy groups -OCH3 is 1. The van der Waals surface area contributed by atoms with Gasteiger partial charge in [0.25, 0.3) is 0 Å². The Hall–Kier alpha value is -1.58. The SMILES string of the molecule is CCCNCC(COC)Oc1ccc2ccccc2c1. The Labute approximate surface area is 120 Å². The summed E-state index contributed by atoms with van der Waals surface area (Å²) >= 11 is 0. The summed E-state index contributed by atoms with van der Waals surface area (Å²) in [5, 5.41) is 5.80. The van der Waals surface area contributed by atoms with Gasteiger partial charge in [-0.1, -0.05) is 37.3 Å². The van der Waals surface area contributed by atoms with Gasteiger partial charge in [-0.25, -0.2) is 0 Å². The van der Waals surface area contributed by atoms with Gasteiger partial charge in [-0.2, -0.15) is 0 Å². The zero-order chi connectivity index (χ0) is 14.2. The lowest BCUT2D eigenvalue weighted by atomic mass is 10.1. The van der Waals surface area contributed by atoms with E-state index in [1.165, 1.54) is 10.8 Å². The zero-order valence-corrected chi connectivity index (χ0v) is 12.3. The zero-order valence-electron chi connectivity index (χ0n) is 12.3. The predicted octanol–water partition coefficient (Wildman–Crippen LogP) is 3.23. The average molecular weight is 273 g/mol. The number of hydrogen-bond donors (Lipinski definition) is 1. The third-order valence-corrected chi connectivity index (χ3v) is 3.18. The second-order valence-corrected chi connectivity index (χ2v) is 4.91. The molecule has 0 bridgehead atoms. The van der Waals surface area contributed by atoms with Gasteiger partial charge in [0.1, 0.15) is 11.9 Å². The topological polar surface area (TPSA) is 30.5 Å². The molecule has 1 N–H and O–H groups in total. The number of fused-ring (bicyclic) bond motifs is 1. The fourth-order valence-corrected chi connectivity index (χ4v) is 2.19. The smallest absolute Gasteiger partial charge is 0.134 e. The van der Waals surface area contributed by atoms with Crippen LogP contribution in [0.15, 0.2) is 42.5 Å². The van der Waals surface area contributed by atoms with Crippen molar-refractivity contribution in [1.29, 1.82) is 0 Å². The van der Waals surface area contributed by atoms with Crippen molar-refractivity contribution in [3.05, 3.63) is 42.5 Å². The molecule has 0 aliphatic rings. The van der Waals surface area contributed by atoms with Gasteiger partial charge < -0.3 is 14.8 Å². The van der Waals surface area contributed by atoms with Gasteiger partial charge in [-0.3, -0.25) is 0 Å². The minimum absolute atomic E-state index is 0.0349. The van der Waals surface area contributed by atoms with E-state index in [1.54, 1.807) is 7.11 Å². The Balaban J connectivity index is 2.03. The van der Waals surface area contributed by atoms with Crippen LogP contribution in [0.3, 0.4) is 0 Å². The molecule has 1 unspecified atom stereocenters. The summed E-state index contributed by atoms with van der Waals surface area (Å²) in [6, 6.07) is 14.5. The summed E-state index contributed by atoms with van der Waals surface area (Å²) < 4.78 is 11.3. The number of nitrogens with one attached hydrogen (secondary N) is 1. The molecule has 0 aromatic heterocycles. The summed E-state index contributed by atoms with van der Waals surface area (Å²) in [7, 11) is 1.70. The van der Waals surface area contributed by atoms with Crippen molar-refractivity contribution in [2.45, 2.75) is 19.4 Å². The van der Waals surface area contributed by atoms with Crippen LogP contribution >= 0.6 is 0 Å². The van der Waals surface area contributed by atoms with Gasteiger partial charge in [-0.15, -0.1) is 0 Å². The number of ether oxygens (including phenoxy) is 2. The Morgan fingerprint density at radius 2 is 1.90 bits per heavy atom. The van der Waals surface area contributed by atoms with Crippen molar-refractivity contribution in [3.63, 3.8) is 0 Å². The molecule has 0 aliphatic heterocycles. The number of rotatable bonds is 8. The molecular formula is C17H23NO2. The van der Waals surface area contributed by atoms with E-state index in [0.29, 0.717) is 6.61 Å². The first-order valence-corrected chi connectivity index (χ1v) is 7.18. The standard InChI is InChI=1S/C17H23NO2/c1-3-10-18-12-17(13-19-2)20-16-9-8-14-6-4-5-7-15(14)11-16/h4-9,11,17-18H,3,10,12-13H2,1-2H3. The lowest BCUT2D eigenvalue weighted by Gasteiger charge is -2.19. The molecule has 0 saturated carbocycles. The summed E-state index contributed by atoms with van der Waals surface area (Å²) in [6.07, 6.45) is 1.16. The van der Waals surface area contributed by atoms with E-state index < -0.39 is 0 Å². The largest absolute Gasteiger partial charge is 0.487 e. The summed E-state index contributed by atoms with van der Waals surface area (Å²) in [5.74, 6) is 0.893. The molecule has 2 aromatic rings. The molecule has 2 rings (SSSR count). The summed E-state index contributed by atoms with van der Waals surface area (Å²) in [6.45, 7) is 4.54. The van der Waals surface area contributed by atoms with Crippen LogP contribution in [0.4, 0.5) is 0 Å². The van der Waals surface area contributed by atoms with Crippen molar-refractivity contribution in [2.75, 3.05) is 26.8 Å². The van der Waals surface area contributed by atoms with Crippen LogP contribution in [0.2, 0.25) is 0 Å². The molecule has 3 nitrogen and oxygen atoms in total. The minimum atomic E-state index is 0.0349. The van der Waals surface area contributed by atoms with E-state index in [0.717, 1.165) is 25.3 Å². The highest BCUT2D eigenvalue weighted by Crippen LogP contribution is 2.21. The molecule has 0 amide bonds. The first-order valence-electron chi connectivity index (χ1n) is 7.18. The number of hydrogen-bond acceptors (Lipinski definition) is 3. The molecule has 3 heteroatoms. The third-order valence-electron chi connectivity index (χ3n) is 3.18. The predicted molar refractivity (Wildman–Crippen MR) is 83.4 cm³/mol. The van der Waals surface area contributed by atoms with Crippen molar-refractivity contribution in [1.82, 2.24) is 5.32 Å². The van der Waals surface area contributed by atoms with Crippen molar-refractivity contribution in [2.24, 2.45) is 0 Å². The minimum Gasteiger partial charge on any atom is -0.487 e. The average Bonchev–Trinajstić information content (AvgIpc) is 2.47. The Bertz CT molecular complexity index is 527. The molecular weight excluding hydrogens is 250 g/mol. The normalized spacial score (nSPS) is 12.5. The van der Waals surface area contributed by atoms with Crippen molar-refractivity contribution >= 4 is 10.8 Å². The molecule has 0 aliphatic carbocycles. The molecule has 0 fully saturated rings. The van der Waals surface area contributed by atoms with Crippen LogP contribution in [0.25, 0.3) is 10.8 Å². The van der Waals surface area contributed by atoms with E-state index in [9.17, 15) is 0 Å². The van der Waals surface area contributed by atoms with Gasteiger partial charge in [0.2, 0.25) is 0 Å². The molecule has 0 spiro atoms. The Morgan fingerprint density at radius 3 is 2.65 bits per heavy atom. The maximum Gasteiger partial charge on any atom is 0.134 e. The first kappa shape index (κ1) is 14.8. The highest BCUT2D eigenvalue weighted by Gasteiger charge is 2.10. The van der Waals surface area contributed by atoms with Crippen molar-refractivity contribution < 1.29 is 9.47 Å². The van der Waals surface area contributed by atoms with Gasteiger partial charge >= 0.3 is 0 Å². The molecule has 2 aromatic carbocycles. The first-order chi connectivity index (χ1) is 9.83. The Morgan fingerprint density at radius 1 is 1.10 bits per heavy atom. The lowest BCUT2D eigenvalue weighted by Crippen LogP contribution is -2.35. The van der Waals surface area contributed by atoms with Gasteiger partial charge in [0, 0.05) is 13.7 Å². The fraction of sp³-hybridized carbons (Fsp3) is 0.412. The van der Waals surface area contributed by atoms with Crippen LogP contribution in [-0.2, 0) is 4.74 Å². The highest BCUT2D eigenvalue weighted by atomic mass is 16.5. The molecule has 108 valence electrons. The van der Waals surface area contributed by atoms with E-state index in [-0.39, 0.29) is 6.10 Å². The number of benzene rings is 2. The molecule has 20 heavy (non-hydrogen) atoms. The highest BCUT2D eigenvalue weighted by molar-refractivity contribution is 5.83. The Kier molecular flexibility index (Phi) is 5.84. The summed E-state index contributed by atoms with van der Waals surface area (Å²) in [4.78, 5) is 0. The van der Waals surface area contributed by atoms with E-state index in [1.807, 2.05) is 18.2 Å². The van der Waals surface area contributed by atoms with Crippen LogP contribution in [0.1, 0.15) is 13.3 Å². The third kappa shape index (κ3) is 4.22. The molecule has 0 heterocycles. The summed E-state index contributed by atoms with van der Waals surface area (Å²) in [5.41, 5.74) is 0. The van der Waals surface area contributed by atoms with Gasteiger partial charge in [-0.05, 0) is 35.9 Å². The fourth-order valence-electron chi connectivity index (χ4n) is 2.19. The maximum atomic E-state index is 6.02. The molecule has 0 saturated heterocycles. The van der Waals surface area contributed by atoms with E-state index in [4.69, 9.17) is 9.47 Å². The lowest BCUT2D eigenvalue weighted by molar-refractivity contribution is 0.0808. The molecule has 0 radical (unpaired) electrons. The van der Waals surface area contributed by atoms with Crippen LogP contribution in [-0.4, -0.2) is 32.9 Å². The van der Waals surface area contributed by atoms with Crippen LogP contribution < -0.4 is 10.1 Å². The molecule has 1 atom stereocenters. The van der Waals surface area contributed by atoms with E-state index in [2.05, 4.69) is 36.5 Å². The second kappa shape index (κ2) is 7.88. The van der Waals surface area contributed by atoms with Gasteiger partial charge in [0.15, 0.2) is 0 Å². The van der Waals surface area contributed by atoms with Crippen molar-refractivity contribution in [3.8, 4) is 5.75 Å².